The van der Waals surface area contributed by atoms with Crippen molar-refractivity contribution < 1.29 is 24.5 Å². The Morgan fingerprint density at radius 1 is 1.43 bits per heavy atom. The van der Waals surface area contributed by atoms with Crippen molar-refractivity contribution in [2.75, 3.05) is 32.1 Å². The van der Waals surface area contributed by atoms with Gasteiger partial charge in [0.15, 0.2) is 0 Å². The molecule has 1 heterocycles. The normalized spacial score (nSPS) is 14.4. The lowest BCUT2D eigenvalue weighted by Crippen LogP contribution is -2.31. The molecule has 124 valence electrons. The van der Waals surface area contributed by atoms with Crippen LogP contribution < -0.4 is 5.32 Å². The zero-order chi connectivity index (χ0) is 17.0. The molecule has 0 aromatic heterocycles. The maximum atomic E-state index is 12.4. The highest BCUT2D eigenvalue weighted by Gasteiger charge is 2.34. The van der Waals surface area contributed by atoms with E-state index in [9.17, 15) is 14.7 Å². The van der Waals surface area contributed by atoms with Crippen molar-refractivity contribution in [2.24, 2.45) is 0 Å². The van der Waals surface area contributed by atoms with E-state index in [1.54, 1.807) is 12.1 Å². The first-order valence-electron chi connectivity index (χ1n) is 7.32. The highest BCUT2D eigenvalue weighted by Crippen LogP contribution is 2.29. The summed E-state index contributed by atoms with van der Waals surface area (Å²) in [5, 5.41) is 21.8. The fourth-order valence-corrected chi connectivity index (χ4v) is 2.39. The average Bonchev–Trinajstić information content (AvgIpc) is 2.86. The fraction of sp³-hybridized carbons (Fsp3) is 0.375. The summed E-state index contributed by atoms with van der Waals surface area (Å²) < 4.78 is 4.71. The zero-order valence-corrected chi connectivity index (χ0v) is 13.1. The number of hydrogen-bond acceptors (Lipinski definition) is 6. The van der Waals surface area contributed by atoms with Gasteiger partial charge < -0.3 is 25.2 Å². The Balaban J connectivity index is 2.37. The van der Waals surface area contributed by atoms with Gasteiger partial charge in [0.2, 0.25) is 0 Å². The van der Waals surface area contributed by atoms with Gasteiger partial charge in [0.1, 0.15) is 11.4 Å². The molecule has 1 aliphatic rings. The van der Waals surface area contributed by atoms with Crippen LogP contribution in [0.1, 0.15) is 12.5 Å². The predicted molar refractivity (Wildman–Crippen MR) is 83.8 cm³/mol. The maximum absolute atomic E-state index is 12.4. The molecule has 23 heavy (non-hydrogen) atoms. The van der Waals surface area contributed by atoms with Crippen LogP contribution in [0, 0.1) is 0 Å². The fourth-order valence-electron chi connectivity index (χ4n) is 2.39. The number of carbonyl (C=O) groups excluding carboxylic acids is 2. The molecule has 7 nitrogen and oxygen atoms in total. The number of aliphatic hydroxyl groups excluding tert-OH is 1. The van der Waals surface area contributed by atoms with E-state index >= 15 is 0 Å². The van der Waals surface area contributed by atoms with Gasteiger partial charge in [0.05, 0.1) is 31.5 Å². The molecule has 0 aliphatic carbocycles. The van der Waals surface area contributed by atoms with E-state index in [1.807, 2.05) is 6.92 Å². The van der Waals surface area contributed by atoms with Crippen LogP contribution in [-0.4, -0.2) is 53.8 Å². The number of aryl methyl sites for hydroxylation is 1. The Hall–Kier alpha value is -2.54. The third-order valence-electron chi connectivity index (χ3n) is 3.68. The van der Waals surface area contributed by atoms with E-state index in [2.05, 4.69) is 5.32 Å². The van der Waals surface area contributed by atoms with Crippen LogP contribution in [0.15, 0.2) is 29.5 Å². The topological polar surface area (TPSA) is 99.1 Å². The first-order chi connectivity index (χ1) is 11.0. The number of ether oxygens (including phenoxy) is 1. The maximum Gasteiger partial charge on any atom is 0.337 e. The summed E-state index contributed by atoms with van der Waals surface area (Å²) in [6.45, 7) is 1.94. The minimum atomic E-state index is -0.618. The number of aromatic hydroxyl groups is 1. The number of nitrogens with zero attached hydrogens (tertiary/aromatic N) is 1. The number of hydrogen-bond donors (Lipinski definition) is 3. The van der Waals surface area contributed by atoms with Crippen LogP contribution >= 0.6 is 0 Å². The SMILES string of the molecule is CCc1ccc(O)c(NC2=C(C(=O)OC)CN(CCO)C2=O)c1. The monoisotopic (exact) mass is 320 g/mol. The van der Waals surface area contributed by atoms with Crippen LogP contribution in [-0.2, 0) is 20.7 Å². The molecule has 0 spiro atoms. The number of anilines is 1. The second-order valence-corrected chi connectivity index (χ2v) is 5.13. The third kappa shape index (κ3) is 3.45. The Morgan fingerprint density at radius 2 is 2.17 bits per heavy atom. The van der Waals surface area contributed by atoms with Crippen LogP contribution in [0.2, 0.25) is 0 Å². The van der Waals surface area contributed by atoms with Gasteiger partial charge >= 0.3 is 5.97 Å². The van der Waals surface area contributed by atoms with Gasteiger partial charge in [0, 0.05) is 6.54 Å². The van der Waals surface area contributed by atoms with Crippen molar-refractivity contribution in [1.29, 1.82) is 0 Å². The number of carbonyl (C=O) groups is 2. The number of benzene rings is 1. The summed E-state index contributed by atoms with van der Waals surface area (Å²) in [7, 11) is 1.24. The number of rotatable bonds is 6. The van der Waals surface area contributed by atoms with Gasteiger partial charge in [-0.05, 0) is 24.1 Å². The van der Waals surface area contributed by atoms with Crippen LogP contribution in [0.4, 0.5) is 5.69 Å². The molecule has 0 fully saturated rings. The number of nitrogens with one attached hydrogen (secondary N) is 1. The summed E-state index contributed by atoms with van der Waals surface area (Å²) >= 11 is 0. The standard InChI is InChI=1S/C16H20N2O5/c1-3-10-4-5-13(20)12(8-10)17-14-11(16(22)23-2)9-18(6-7-19)15(14)21/h4-5,8,17,19-20H,3,6-7,9H2,1-2H3. The Bertz CT molecular complexity index is 654. The number of amides is 1. The van der Waals surface area contributed by atoms with Crippen LogP contribution in [0.5, 0.6) is 5.75 Å². The van der Waals surface area contributed by atoms with Crippen molar-refractivity contribution in [3.8, 4) is 5.75 Å². The third-order valence-corrected chi connectivity index (χ3v) is 3.68. The van der Waals surface area contributed by atoms with Crippen molar-refractivity contribution in [3.05, 3.63) is 35.0 Å². The molecule has 0 atom stereocenters. The molecule has 7 heteroatoms. The molecule has 1 aromatic carbocycles. The van der Waals surface area contributed by atoms with E-state index < -0.39 is 11.9 Å². The summed E-state index contributed by atoms with van der Waals surface area (Å²) in [5.41, 5.74) is 1.56. The van der Waals surface area contributed by atoms with E-state index in [1.165, 1.54) is 18.1 Å². The van der Waals surface area contributed by atoms with Gasteiger partial charge in [-0.15, -0.1) is 0 Å². The summed E-state index contributed by atoms with van der Waals surface area (Å²) in [6, 6.07) is 5.04. The number of β-amino-alcohol motifs (C(OH)–C–C–N with tert-alkyl or cyclic N) is 1. The van der Waals surface area contributed by atoms with Crippen LogP contribution in [0.25, 0.3) is 0 Å². The molecule has 0 saturated heterocycles. The Labute approximate surface area is 134 Å². The zero-order valence-electron chi connectivity index (χ0n) is 13.1. The van der Waals surface area contributed by atoms with Gasteiger partial charge in [-0.3, -0.25) is 4.79 Å². The first kappa shape index (κ1) is 16.8. The molecule has 3 N–H and O–H groups in total. The highest BCUT2D eigenvalue weighted by molar-refractivity contribution is 6.08. The molecule has 1 aromatic rings. The lowest BCUT2D eigenvalue weighted by atomic mass is 10.1. The Kier molecular flexibility index (Phi) is 5.23. The lowest BCUT2D eigenvalue weighted by Gasteiger charge is -2.15. The van der Waals surface area contributed by atoms with Crippen LogP contribution in [0.3, 0.4) is 0 Å². The van der Waals surface area contributed by atoms with Crippen molar-refractivity contribution in [1.82, 2.24) is 4.90 Å². The number of aliphatic hydroxyl groups is 1. The highest BCUT2D eigenvalue weighted by atomic mass is 16.5. The van der Waals surface area contributed by atoms with Gasteiger partial charge in [0.25, 0.3) is 5.91 Å². The van der Waals surface area contributed by atoms with Crippen molar-refractivity contribution in [2.45, 2.75) is 13.3 Å². The first-order valence-corrected chi connectivity index (χ1v) is 7.32. The molecular weight excluding hydrogens is 300 g/mol. The molecule has 0 unspecified atom stereocenters. The summed E-state index contributed by atoms with van der Waals surface area (Å²) in [6.07, 6.45) is 0.766. The molecule has 0 radical (unpaired) electrons. The number of phenols is 1. The van der Waals surface area contributed by atoms with Crippen molar-refractivity contribution >= 4 is 17.6 Å². The molecular formula is C16H20N2O5. The molecule has 1 amide bonds. The summed E-state index contributed by atoms with van der Waals surface area (Å²) in [4.78, 5) is 25.6. The molecule has 0 bridgehead atoms. The van der Waals surface area contributed by atoms with E-state index in [4.69, 9.17) is 9.84 Å². The smallest absolute Gasteiger partial charge is 0.337 e. The van der Waals surface area contributed by atoms with Gasteiger partial charge in [-0.1, -0.05) is 13.0 Å². The molecule has 2 rings (SSSR count). The number of esters is 1. The minimum Gasteiger partial charge on any atom is -0.506 e. The average molecular weight is 320 g/mol. The lowest BCUT2D eigenvalue weighted by molar-refractivity contribution is -0.136. The van der Waals surface area contributed by atoms with Gasteiger partial charge in [-0.25, -0.2) is 4.79 Å². The minimum absolute atomic E-state index is 0.0210. The molecule has 0 saturated carbocycles. The number of methoxy groups -OCH3 is 1. The summed E-state index contributed by atoms with van der Waals surface area (Å²) in [5.74, 6) is -1.06. The molecule has 1 aliphatic heterocycles. The second kappa shape index (κ2) is 7.15. The Morgan fingerprint density at radius 3 is 2.78 bits per heavy atom. The number of phenolic OH excluding ortho intramolecular Hbond substituents is 1. The quantitative estimate of drug-likeness (QED) is 0.525. The van der Waals surface area contributed by atoms with E-state index in [0.29, 0.717) is 5.69 Å². The second-order valence-electron chi connectivity index (χ2n) is 5.13. The van der Waals surface area contributed by atoms with Crippen molar-refractivity contribution in [3.63, 3.8) is 0 Å². The van der Waals surface area contributed by atoms with E-state index in [-0.39, 0.29) is 36.7 Å². The van der Waals surface area contributed by atoms with E-state index in [0.717, 1.165) is 12.0 Å². The predicted octanol–water partition coefficient (Wildman–Crippen LogP) is 0.628. The van der Waals surface area contributed by atoms with Gasteiger partial charge in [-0.2, -0.15) is 0 Å². The largest absolute Gasteiger partial charge is 0.506 e.